The topological polar surface area (TPSA) is 68.2 Å². The number of halogens is 2. The van der Waals surface area contributed by atoms with Gasteiger partial charge < -0.3 is 24.2 Å². The molecule has 0 bridgehead atoms. The van der Waals surface area contributed by atoms with Gasteiger partial charge >= 0.3 is 0 Å². The van der Waals surface area contributed by atoms with Crippen molar-refractivity contribution in [1.29, 1.82) is 0 Å². The van der Waals surface area contributed by atoms with Gasteiger partial charge in [-0.15, -0.1) is 0 Å². The van der Waals surface area contributed by atoms with Crippen molar-refractivity contribution in [3.8, 4) is 17.2 Å². The molecule has 2 aliphatic heterocycles. The number of carbonyl (C=O) groups excluding carboxylic acids is 1. The number of hydrogen-bond donors (Lipinski definition) is 1. The zero-order valence-electron chi connectivity index (χ0n) is 16.6. The highest BCUT2D eigenvalue weighted by Gasteiger charge is 2.41. The monoisotopic (exact) mass is 435 g/mol. The molecular weight excluding hydrogens is 413 g/mol. The van der Waals surface area contributed by atoms with Gasteiger partial charge in [-0.25, -0.2) is 4.39 Å². The number of amides is 1. The lowest BCUT2D eigenvalue weighted by molar-refractivity contribution is -0.145. The van der Waals surface area contributed by atoms with Crippen molar-refractivity contribution in [1.82, 2.24) is 4.90 Å². The third-order valence-corrected chi connectivity index (χ3v) is 5.59. The van der Waals surface area contributed by atoms with Crippen LogP contribution < -0.4 is 14.2 Å². The Morgan fingerprint density at radius 1 is 1.33 bits per heavy atom. The minimum Gasteiger partial charge on any atom is -0.487 e. The first-order valence-corrected chi connectivity index (χ1v) is 10.2. The lowest BCUT2D eigenvalue weighted by Crippen LogP contribution is -2.58. The standard InChI is InChI=1S/C22H23ClFNO5/c1-22(27)13-25(6-5-19(22)30-16-4-2-3-15(24)12-16)20(26)11-14-9-17(23)21-18(10-14)28-7-8-29-21/h2-4,9-10,12,19,27H,5-8,11,13H2,1H3/t19-,22-/m0/s1. The van der Waals surface area contributed by atoms with E-state index in [1.54, 1.807) is 36.1 Å². The summed E-state index contributed by atoms with van der Waals surface area (Å²) in [6.45, 7) is 3.03. The molecule has 0 aromatic heterocycles. The molecule has 0 aliphatic carbocycles. The maximum Gasteiger partial charge on any atom is 0.227 e. The normalized spacial score (nSPS) is 23.2. The van der Waals surface area contributed by atoms with E-state index in [4.69, 9.17) is 25.8 Å². The molecule has 1 amide bonds. The molecule has 30 heavy (non-hydrogen) atoms. The smallest absolute Gasteiger partial charge is 0.227 e. The van der Waals surface area contributed by atoms with E-state index >= 15 is 0 Å². The van der Waals surface area contributed by atoms with Crippen LogP contribution in [0.15, 0.2) is 36.4 Å². The van der Waals surface area contributed by atoms with Crippen LogP contribution in [0.2, 0.25) is 5.02 Å². The third-order valence-electron chi connectivity index (χ3n) is 5.30. The summed E-state index contributed by atoms with van der Waals surface area (Å²) in [5, 5.41) is 11.3. The number of ether oxygens (including phenoxy) is 3. The quantitative estimate of drug-likeness (QED) is 0.798. The van der Waals surface area contributed by atoms with Crippen LogP contribution >= 0.6 is 11.6 Å². The van der Waals surface area contributed by atoms with E-state index in [1.807, 2.05) is 0 Å². The minimum absolute atomic E-state index is 0.115. The summed E-state index contributed by atoms with van der Waals surface area (Å²) in [4.78, 5) is 14.5. The second kappa shape index (κ2) is 8.32. The molecule has 0 saturated carbocycles. The first kappa shape index (κ1) is 20.8. The van der Waals surface area contributed by atoms with Crippen LogP contribution in [0.1, 0.15) is 18.9 Å². The van der Waals surface area contributed by atoms with Crippen LogP contribution in [0.5, 0.6) is 17.2 Å². The average Bonchev–Trinajstić information content (AvgIpc) is 2.69. The van der Waals surface area contributed by atoms with Gasteiger partial charge in [-0.3, -0.25) is 4.79 Å². The number of aliphatic hydroxyl groups is 1. The molecule has 2 aromatic rings. The third kappa shape index (κ3) is 4.47. The van der Waals surface area contributed by atoms with Crippen molar-refractivity contribution < 1.29 is 28.5 Å². The van der Waals surface area contributed by atoms with E-state index in [2.05, 4.69) is 0 Å². The molecular formula is C22H23ClFNO5. The Morgan fingerprint density at radius 2 is 2.13 bits per heavy atom. The van der Waals surface area contributed by atoms with Crippen LogP contribution in [0.4, 0.5) is 4.39 Å². The number of nitrogens with zero attached hydrogens (tertiary/aromatic N) is 1. The van der Waals surface area contributed by atoms with E-state index in [9.17, 15) is 14.3 Å². The van der Waals surface area contributed by atoms with Gasteiger partial charge in [-0.2, -0.15) is 0 Å². The van der Waals surface area contributed by atoms with Gasteiger partial charge in [0.05, 0.1) is 18.0 Å². The van der Waals surface area contributed by atoms with Gasteiger partial charge in [0.2, 0.25) is 5.91 Å². The van der Waals surface area contributed by atoms with Crippen LogP contribution in [0.3, 0.4) is 0 Å². The molecule has 1 N–H and O–H groups in total. The van der Waals surface area contributed by atoms with Gasteiger partial charge in [-0.05, 0) is 36.8 Å². The first-order chi connectivity index (χ1) is 14.3. The molecule has 0 spiro atoms. The van der Waals surface area contributed by atoms with E-state index < -0.39 is 17.5 Å². The molecule has 2 atom stereocenters. The van der Waals surface area contributed by atoms with Gasteiger partial charge in [0.25, 0.3) is 0 Å². The maximum atomic E-state index is 13.4. The fourth-order valence-electron chi connectivity index (χ4n) is 3.81. The molecule has 2 aliphatic rings. The van der Waals surface area contributed by atoms with Crippen LogP contribution in [-0.4, -0.2) is 53.9 Å². The van der Waals surface area contributed by atoms with Gasteiger partial charge in [0, 0.05) is 19.0 Å². The Hall–Kier alpha value is -2.51. The van der Waals surface area contributed by atoms with Crippen LogP contribution in [0, 0.1) is 5.82 Å². The summed E-state index contributed by atoms with van der Waals surface area (Å²) in [6, 6.07) is 9.26. The van der Waals surface area contributed by atoms with Crippen LogP contribution in [0.25, 0.3) is 0 Å². The largest absolute Gasteiger partial charge is 0.487 e. The molecule has 2 aromatic carbocycles. The highest BCUT2D eigenvalue weighted by Crippen LogP contribution is 2.38. The highest BCUT2D eigenvalue weighted by atomic mass is 35.5. The molecule has 0 radical (unpaired) electrons. The van der Waals surface area contributed by atoms with E-state index in [-0.39, 0.29) is 18.9 Å². The molecule has 1 fully saturated rings. The fourth-order valence-corrected chi connectivity index (χ4v) is 4.10. The second-order valence-corrected chi connectivity index (χ2v) is 8.21. The molecule has 8 heteroatoms. The Morgan fingerprint density at radius 3 is 2.90 bits per heavy atom. The maximum absolute atomic E-state index is 13.4. The average molecular weight is 436 g/mol. The molecule has 6 nitrogen and oxygen atoms in total. The summed E-state index contributed by atoms with van der Waals surface area (Å²) in [7, 11) is 0. The number of piperidine rings is 1. The predicted octanol–water partition coefficient (Wildman–Crippen LogP) is 3.22. The summed E-state index contributed by atoms with van der Waals surface area (Å²) < 4.78 is 30.3. The summed E-state index contributed by atoms with van der Waals surface area (Å²) in [5.41, 5.74) is -0.558. The zero-order valence-corrected chi connectivity index (χ0v) is 17.3. The first-order valence-electron chi connectivity index (χ1n) is 9.82. The molecule has 160 valence electrons. The second-order valence-electron chi connectivity index (χ2n) is 7.80. The lowest BCUT2D eigenvalue weighted by atomic mass is 9.91. The van der Waals surface area contributed by atoms with Crippen molar-refractivity contribution in [3.63, 3.8) is 0 Å². The van der Waals surface area contributed by atoms with Crippen molar-refractivity contribution in [3.05, 3.63) is 52.8 Å². The Balaban J connectivity index is 1.41. The molecule has 0 unspecified atom stereocenters. The van der Waals surface area contributed by atoms with Gasteiger partial charge in [0.15, 0.2) is 11.5 Å². The zero-order chi connectivity index (χ0) is 21.3. The SMILES string of the molecule is C[C@]1(O)CN(C(=O)Cc2cc(Cl)c3c(c2)OCCO3)CC[C@@H]1Oc1cccc(F)c1. The number of rotatable bonds is 4. The Labute approximate surface area is 179 Å². The molecule has 2 heterocycles. The summed E-state index contributed by atoms with van der Waals surface area (Å²) in [6.07, 6.45) is 0.00558. The van der Waals surface area contributed by atoms with Crippen molar-refractivity contribution in [2.45, 2.75) is 31.5 Å². The number of benzene rings is 2. The lowest BCUT2D eigenvalue weighted by Gasteiger charge is -2.42. The summed E-state index contributed by atoms with van der Waals surface area (Å²) in [5.74, 6) is 0.846. The van der Waals surface area contributed by atoms with Crippen molar-refractivity contribution in [2.24, 2.45) is 0 Å². The molecule has 4 rings (SSSR count). The Kier molecular flexibility index (Phi) is 5.75. The van der Waals surface area contributed by atoms with Crippen molar-refractivity contribution in [2.75, 3.05) is 26.3 Å². The number of likely N-dealkylation sites (tertiary alicyclic amines) is 1. The van der Waals surface area contributed by atoms with Crippen LogP contribution in [-0.2, 0) is 11.2 Å². The number of carbonyl (C=O) groups is 1. The fraction of sp³-hybridized carbons (Fsp3) is 0.409. The predicted molar refractivity (Wildman–Crippen MR) is 109 cm³/mol. The molecule has 1 saturated heterocycles. The van der Waals surface area contributed by atoms with E-state index in [0.717, 1.165) is 0 Å². The summed E-state index contributed by atoms with van der Waals surface area (Å²) >= 11 is 6.26. The van der Waals surface area contributed by atoms with Gasteiger partial charge in [0.1, 0.15) is 36.5 Å². The van der Waals surface area contributed by atoms with Gasteiger partial charge in [-0.1, -0.05) is 17.7 Å². The Bertz CT molecular complexity index is 951. The number of fused-ring (bicyclic) bond motifs is 1. The van der Waals surface area contributed by atoms with Crippen molar-refractivity contribution >= 4 is 17.5 Å². The minimum atomic E-state index is -1.27. The van der Waals surface area contributed by atoms with E-state index in [0.29, 0.717) is 54.0 Å². The highest BCUT2D eigenvalue weighted by molar-refractivity contribution is 6.32. The number of β-amino-alcohol motifs (C(OH)–C–C–N with tert-alkyl or cyclic N) is 1. The number of hydrogen-bond acceptors (Lipinski definition) is 5. The van der Waals surface area contributed by atoms with E-state index in [1.165, 1.54) is 12.1 Å².